The fourth-order valence-electron chi connectivity index (χ4n) is 3.06. The Kier molecular flexibility index (Phi) is 6.60. The van der Waals surface area contributed by atoms with Gasteiger partial charge in [0.2, 0.25) is 0 Å². The molecule has 2 aromatic rings. The average Bonchev–Trinajstić information content (AvgIpc) is 2.99. The van der Waals surface area contributed by atoms with Gasteiger partial charge in [-0.3, -0.25) is 10.0 Å². The van der Waals surface area contributed by atoms with Crippen LogP contribution >= 0.6 is 22.6 Å². The minimum Gasteiger partial charge on any atom is -0.312 e. The third-order valence-electron chi connectivity index (χ3n) is 4.41. The fourth-order valence-corrected chi connectivity index (χ4v) is 4.03. The summed E-state index contributed by atoms with van der Waals surface area (Å²) in [5.74, 6) is -0.534. The molecule has 0 bridgehead atoms. The van der Waals surface area contributed by atoms with Gasteiger partial charge >= 0.3 is 0 Å². The van der Waals surface area contributed by atoms with Crippen molar-refractivity contribution in [3.63, 3.8) is 0 Å². The molecule has 3 rings (SSSR count). The Hall–Kier alpha value is -1.96. The van der Waals surface area contributed by atoms with Crippen molar-refractivity contribution in [3.8, 4) is 0 Å². The Morgan fingerprint density at radius 2 is 1.92 bits per heavy atom. The molecule has 3 N–H and O–H groups in total. The van der Waals surface area contributed by atoms with Crippen molar-refractivity contribution in [2.75, 3.05) is 6.54 Å². The maximum absolute atomic E-state index is 11.0. The minimum atomic E-state index is -0.534. The van der Waals surface area contributed by atoms with Crippen LogP contribution in [0.3, 0.4) is 0 Å². The van der Waals surface area contributed by atoms with Crippen LogP contribution in [0, 0.1) is 0 Å². The van der Waals surface area contributed by atoms with E-state index in [-0.39, 0.29) is 0 Å². The number of fused-ring (bicyclic) bond motifs is 1. The first-order valence-electron chi connectivity index (χ1n) is 8.55. The molecule has 0 radical (unpaired) electrons. The van der Waals surface area contributed by atoms with E-state index in [1.54, 1.807) is 11.6 Å². The highest BCUT2D eigenvalue weighted by Gasteiger charge is 2.18. The van der Waals surface area contributed by atoms with Crippen molar-refractivity contribution < 1.29 is 10.0 Å². The molecule has 26 heavy (non-hydrogen) atoms. The molecule has 0 aliphatic heterocycles. The first-order valence-corrected chi connectivity index (χ1v) is 9.63. The number of benzene rings is 2. The zero-order valence-corrected chi connectivity index (χ0v) is 16.5. The van der Waals surface area contributed by atoms with Gasteiger partial charge < -0.3 is 5.32 Å². The quantitative estimate of drug-likeness (QED) is 0.192. The molecule has 0 atom stereocenters. The van der Waals surface area contributed by atoms with Crippen molar-refractivity contribution >= 4 is 40.1 Å². The standard InChI is InChI=1S/C21H21IN2O2/c22-20-13-17-3-1-2-4-18(17)19(20)11-12-23-14-16-7-5-15(6-8-16)9-10-21(25)24-26/h1-10,23,26H,11-14H2,(H,24,25)/b10-9+. The van der Waals surface area contributed by atoms with Gasteiger partial charge in [-0.2, -0.15) is 0 Å². The maximum atomic E-state index is 11.0. The third-order valence-corrected chi connectivity index (χ3v) is 5.45. The van der Waals surface area contributed by atoms with Gasteiger partial charge in [-0.05, 0) is 73.0 Å². The number of allylic oxidation sites excluding steroid dienone is 1. The smallest absolute Gasteiger partial charge is 0.267 e. The van der Waals surface area contributed by atoms with E-state index < -0.39 is 5.91 Å². The van der Waals surface area contributed by atoms with Gasteiger partial charge in [0, 0.05) is 19.0 Å². The van der Waals surface area contributed by atoms with Gasteiger partial charge in [-0.1, -0.05) is 48.5 Å². The van der Waals surface area contributed by atoms with Crippen molar-refractivity contribution in [2.24, 2.45) is 0 Å². The van der Waals surface area contributed by atoms with E-state index in [0.717, 1.165) is 31.5 Å². The van der Waals surface area contributed by atoms with E-state index in [2.05, 4.69) is 52.2 Å². The number of hydrogen-bond donors (Lipinski definition) is 3. The van der Waals surface area contributed by atoms with Gasteiger partial charge in [0.25, 0.3) is 5.91 Å². The number of rotatable bonds is 7. The Balaban J connectivity index is 1.48. The van der Waals surface area contributed by atoms with Gasteiger partial charge in [0.15, 0.2) is 0 Å². The number of halogens is 1. The van der Waals surface area contributed by atoms with Crippen LogP contribution < -0.4 is 10.8 Å². The summed E-state index contributed by atoms with van der Waals surface area (Å²) < 4.78 is 1.45. The number of nitrogens with one attached hydrogen (secondary N) is 2. The molecule has 0 unspecified atom stereocenters. The van der Waals surface area contributed by atoms with E-state index in [0.29, 0.717) is 0 Å². The second-order valence-electron chi connectivity index (χ2n) is 6.20. The molecule has 2 aromatic carbocycles. The summed E-state index contributed by atoms with van der Waals surface area (Å²) >= 11 is 2.47. The summed E-state index contributed by atoms with van der Waals surface area (Å²) in [6, 6.07) is 16.7. The topological polar surface area (TPSA) is 61.4 Å². The molecule has 0 saturated carbocycles. The van der Waals surface area contributed by atoms with Crippen molar-refractivity contribution in [3.05, 3.63) is 80.4 Å². The van der Waals surface area contributed by atoms with E-state index in [9.17, 15) is 4.79 Å². The predicted molar refractivity (Wildman–Crippen MR) is 113 cm³/mol. The van der Waals surface area contributed by atoms with Crippen LogP contribution in [-0.2, 0) is 17.8 Å². The Bertz CT molecular complexity index is 841. The lowest BCUT2D eigenvalue weighted by molar-refractivity contribution is -0.124. The highest BCUT2D eigenvalue weighted by molar-refractivity contribution is 14.1. The molecule has 4 nitrogen and oxygen atoms in total. The molecule has 1 amide bonds. The molecule has 1 aliphatic rings. The van der Waals surface area contributed by atoms with Crippen molar-refractivity contribution in [1.82, 2.24) is 10.8 Å². The molecule has 1 aliphatic carbocycles. The van der Waals surface area contributed by atoms with Crippen LogP contribution in [0.15, 0.2) is 58.2 Å². The molecule has 0 spiro atoms. The van der Waals surface area contributed by atoms with Crippen molar-refractivity contribution in [2.45, 2.75) is 19.4 Å². The SMILES string of the molecule is O=C(/C=C/c1ccc(CNCCC2=C(I)Cc3ccccc32)cc1)NO. The molecule has 0 fully saturated rings. The molecule has 0 heterocycles. The van der Waals surface area contributed by atoms with Gasteiger partial charge in [0.1, 0.15) is 0 Å². The van der Waals surface area contributed by atoms with Gasteiger partial charge in [0.05, 0.1) is 0 Å². The Morgan fingerprint density at radius 3 is 2.69 bits per heavy atom. The monoisotopic (exact) mass is 460 g/mol. The number of hydroxylamine groups is 1. The van der Waals surface area contributed by atoms with Crippen molar-refractivity contribution in [1.29, 1.82) is 0 Å². The first-order chi connectivity index (χ1) is 12.7. The molecule has 5 heteroatoms. The summed E-state index contributed by atoms with van der Waals surface area (Å²) in [5.41, 5.74) is 8.00. The molecular weight excluding hydrogens is 439 g/mol. The lowest BCUT2D eigenvalue weighted by Gasteiger charge is -2.08. The van der Waals surface area contributed by atoms with E-state index in [1.807, 2.05) is 24.3 Å². The maximum Gasteiger partial charge on any atom is 0.267 e. The summed E-state index contributed by atoms with van der Waals surface area (Å²) in [6.45, 7) is 1.75. The zero-order chi connectivity index (χ0) is 18.4. The third kappa shape index (κ3) is 4.81. The van der Waals surface area contributed by atoms with Crippen LogP contribution in [0.1, 0.15) is 28.7 Å². The van der Waals surface area contributed by atoms with Crippen LogP contribution in [0.4, 0.5) is 0 Å². The highest BCUT2D eigenvalue weighted by atomic mass is 127. The molecule has 134 valence electrons. The number of carbonyl (C=O) groups excluding carboxylic acids is 1. The second-order valence-corrected chi connectivity index (χ2v) is 7.50. The second kappa shape index (κ2) is 9.12. The average molecular weight is 460 g/mol. The van der Waals surface area contributed by atoms with Gasteiger partial charge in [-0.25, -0.2) is 5.48 Å². The summed E-state index contributed by atoms with van der Waals surface area (Å²) in [6.07, 6.45) is 5.05. The predicted octanol–water partition coefficient (Wildman–Crippen LogP) is 4.09. The van der Waals surface area contributed by atoms with E-state index in [1.165, 1.54) is 31.9 Å². The van der Waals surface area contributed by atoms with Gasteiger partial charge in [-0.15, -0.1) is 0 Å². The van der Waals surface area contributed by atoms with Crippen LogP contribution in [0.5, 0.6) is 0 Å². The molecular formula is C21H21IN2O2. The Morgan fingerprint density at radius 1 is 1.15 bits per heavy atom. The number of hydrogen-bond acceptors (Lipinski definition) is 3. The largest absolute Gasteiger partial charge is 0.312 e. The summed E-state index contributed by atoms with van der Waals surface area (Å²) in [4.78, 5) is 11.0. The van der Waals surface area contributed by atoms with E-state index in [4.69, 9.17) is 5.21 Å². The van der Waals surface area contributed by atoms with Crippen LogP contribution in [-0.4, -0.2) is 17.7 Å². The summed E-state index contributed by atoms with van der Waals surface area (Å²) in [5, 5.41) is 12.0. The number of carbonyl (C=O) groups is 1. The minimum absolute atomic E-state index is 0.534. The normalized spacial score (nSPS) is 13.3. The molecule has 0 aromatic heterocycles. The van der Waals surface area contributed by atoms with E-state index >= 15 is 0 Å². The lowest BCUT2D eigenvalue weighted by atomic mass is 10.0. The van der Waals surface area contributed by atoms with Crippen LogP contribution in [0.25, 0.3) is 11.6 Å². The summed E-state index contributed by atoms with van der Waals surface area (Å²) in [7, 11) is 0. The van der Waals surface area contributed by atoms with Crippen LogP contribution in [0.2, 0.25) is 0 Å². The first kappa shape index (κ1) is 18.8. The molecule has 0 saturated heterocycles. The fraction of sp³-hybridized carbons (Fsp3) is 0.190. The highest BCUT2D eigenvalue weighted by Crippen LogP contribution is 2.37. The number of amides is 1. The lowest BCUT2D eigenvalue weighted by Crippen LogP contribution is -2.15. The zero-order valence-electron chi connectivity index (χ0n) is 14.3. The Labute approximate surface area is 167 Å².